The summed E-state index contributed by atoms with van der Waals surface area (Å²) in [6, 6.07) is 12.0. The van der Waals surface area contributed by atoms with E-state index in [9.17, 15) is 9.59 Å². The number of cyclic esters (lactones) is 1. The number of fused-ring (bicyclic) bond motifs is 2. The second-order valence-corrected chi connectivity index (χ2v) is 11.0. The van der Waals surface area contributed by atoms with E-state index in [0.717, 1.165) is 0 Å². The summed E-state index contributed by atoms with van der Waals surface area (Å²) in [6.07, 6.45) is 5.20. The predicted molar refractivity (Wildman–Crippen MR) is 161 cm³/mol. The molecule has 11 heteroatoms. The fourth-order valence-electron chi connectivity index (χ4n) is 4.90. The third-order valence-corrected chi connectivity index (χ3v) is 7.22. The molecule has 2 aromatic carbocycles. The molecule has 2 aliphatic rings. The Morgan fingerprint density at radius 1 is 1.09 bits per heavy atom. The molecule has 11 nitrogen and oxygen atoms in total. The topological polar surface area (TPSA) is 135 Å². The van der Waals surface area contributed by atoms with E-state index in [1.165, 1.54) is 7.11 Å². The number of rotatable bonds is 9. The predicted octanol–water partition coefficient (Wildman–Crippen LogP) is 5.98. The minimum absolute atomic E-state index is 0.100. The van der Waals surface area contributed by atoms with Crippen molar-refractivity contribution in [2.45, 2.75) is 64.3 Å². The van der Waals surface area contributed by atoms with Crippen LogP contribution < -0.4 is 9.47 Å². The molecule has 1 unspecified atom stereocenters. The molecule has 0 radical (unpaired) electrons. The number of methoxy groups -OCH3 is 1. The van der Waals surface area contributed by atoms with Crippen LogP contribution in [-0.2, 0) is 23.7 Å². The average Bonchev–Trinajstić information content (AvgIpc) is 3.31. The first-order valence-electron chi connectivity index (χ1n) is 14.5. The summed E-state index contributed by atoms with van der Waals surface area (Å²) in [5, 5.41) is 3.33. The van der Waals surface area contributed by atoms with E-state index in [-0.39, 0.29) is 37.2 Å². The maximum atomic E-state index is 13.6. The molecule has 2 aliphatic heterocycles. The van der Waals surface area contributed by atoms with Crippen molar-refractivity contribution in [2.75, 3.05) is 27.1 Å². The van der Waals surface area contributed by atoms with Gasteiger partial charge < -0.3 is 33.2 Å². The molecule has 236 valence electrons. The van der Waals surface area contributed by atoms with Gasteiger partial charge in [-0.05, 0) is 57.0 Å². The van der Waals surface area contributed by atoms with E-state index in [0.29, 0.717) is 23.3 Å². The van der Waals surface area contributed by atoms with E-state index < -0.39 is 42.1 Å². The van der Waals surface area contributed by atoms with Crippen LogP contribution in [0.15, 0.2) is 65.8 Å². The number of benzene rings is 2. The van der Waals surface area contributed by atoms with Gasteiger partial charge in [0, 0.05) is 19.1 Å². The minimum atomic E-state index is -0.927. The highest BCUT2D eigenvalue weighted by Crippen LogP contribution is 2.36. The van der Waals surface area contributed by atoms with Gasteiger partial charge in [0.2, 0.25) is 0 Å². The first kappa shape index (κ1) is 32.8. The molecule has 4 rings (SSSR count). The van der Waals surface area contributed by atoms with Crippen molar-refractivity contribution in [3.8, 4) is 11.5 Å². The second-order valence-electron chi connectivity index (χ2n) is 11.0. The summed E-state index contributed by atoms with van der Waals surface area (Å²) >= 11 is 0. The zero-order chi connectivity index (χ0) is 31.7. The van der Waals surface area contributed by atoms with Crippen molar-refractivity contribution >= 4 is 18.0 Å². The Bertz CT molecular complexity index is 1360. The lowest BCUT2D eigenvalue weighted by atomic mass is 9.98. The second kappa shape index (κ2) is 15.1. The highest BCUT2D eigenvalue weighted by molar-refractivity contribution is 5.97. The number of nitrogens with zero attached hydrogens (tertiary/aromatic N) is 1. The number of carbonyl (C=O) groups excluding carboxylic acids is 2. The van der Waals surface area contributed by atoms with Crippen LogP contribution in [0.5, 0.6) is 11.5 Å². The fourth-order valence-corrected chi connectivity index (χ4v) is 4.90. The summed E-state index contributed by atoms with van der Waals surface area (Å²) in [5.74, 6) is -1.60. The lowest BCUT2D eigenvalue weighted by molar-refractivity contribution is -0.152. The Hall–Kier alpha value is -4.06. The largest absolute Gasteiger partial charge is 0.491 e. The van der Waals surface area contributed by atoms with Crippen molar-refractivity contribution < 1.29 is 42.7 Å². The first-order valence-corrected chi connectivity index (χ1v) is 14.5. The quantitative estimate of drug-likeness (QED) is 0.120. The van der Waals surface area contributed by atoms with Gasteiger partial charge in [-0.1, -0.05) is 43.4 Å². The molecule has 0 bridgehead atoms. The molecule has 5 atom stereocenters. The lowest BCUT2D eigenvalue weighted by Gasteiger charge is -2.25. The molecule has 1 saturated heterocycles. The standard InChI is InChI=1S/C33H40N2O9/c1-21-14-15-26(42-31(36)23-10-7-6-8-11-23)30-27(43-33(3,4)44-30)13-9-12-24-18-25(39-17-16-35-34)19-28(40-20-38-5)29(24)32(37)41-22(21)2/h6-12,14-15,18-19,21-22,26-27,30,34H,13,16-17,20H2,1-5H3/b12-9?,15-14-,35-34?/t21-,22+,26?,27+,30-/m1/s1. The molecule has 0 spiro atoms. The normalized spacial score (nSPS) is 25.5. The lowest BCUT2D eigenvalue weighted by Crippen LogP contribution is -2.37. The first-order chi connectivity index (χ1) is 21.1. The van der Waals surface area contributed by atoms with Gasteiger partial charge in [0.15, 0.2) is 12.6 Å². The van der Waals surface area contributed by atoms with Gasteiger partial charge in [0.25, 0.3) is 0 Å². The summed E-state index contributed by atoms with van der Waals surface area (Å²) in [7, 11) is 1.48. The van der Waals surface area contributed by atoms with Gasteiger partial charge in [0.1, 0.15) is 42.0 Å². The average molecular weight is 609 g/mol. The van der Waals surface area contributed by atoms with Crippen molar-refractivity contribution in [2.24, 2.45) is 11.0 Å². The van der Waals surface area contributed by atoms with E-state index in [4.69, 9.17) is 38.7 Å². The molecule has 1 fully saturated rings. The Balaban J connectivity index is 1.74. The van der Waals surface area contributed by atoms with Crippen molar-refractivity contribution in [3.05, 3.63) is 77.4 Å². The van der Waals surface area contributed by atoms with Crippen molar-refractivity contribution in [1.29, 1.82) is 5.53 Å². The van der Waals surface area contributed by atoms with Crippen LogP contribution in [0.3, 0.4) is 0 Å². The molecule has 44 heavy (non-hydrogen) atoms. The molecule has 2 heterocycles. The van der Waals surface area contributed by atoms with Crippen LogP contribution in [0.2, 0.25) is 0 Å². The van der Waals surface area contributed by atoms with E-state index >= 15 is 0 Å². The SMILES string of the molecule is COCOc1cc(OCCN=N)cc2c1C(=O)O[C@@H](C)[C@H](C)/C=C\C(OC(=O)c1ccccc1)[C@H]1OC(C)(C)O[C@H]1CC=C2. The van der Waals surface area contributed by atoms with Gasteiger partial charge in [-0.25, -0.2) is 15.1 Å². The molecular weight excluding hydrogens is 568 g/mol. The van der Waals surface area contributed by atoms with Gasteiger partial charge >= 0.3 is 11.9 Å². The molecule has 0 aromatic heterocycles. The zero-order valence-corrected chi connectivity index (χ0v) is 25.7. The van der Waals surface area contributed by atoms with E-state index in [2.05, 4.69) is 5.11 Å². The van der Waals surface area contributed by atoms with Crippen LogP contribution >= 0.6 is 0 Å². The number of ether oxygens (including phenoxy) is 7. The Labute approximate surface area is 257 Å². The summed E-state index contributed by atoms with van der Waals surface area (Å²) in [6.45, 7) is 7.58. The van der Waals surface area contributed by atoms with Crippen LogP contribution in [0.4, 0.5) is 0 Å². The maximum absolute atomic E-state index is 13.6. The molecule has 0 saturated carbocycles. The van der Waals surface area contributed by atoms with Crippen molar-refractivity contribution in [3.63, 3.8) is 0 Å². The number of carbonyl (C=O) groups is 2. The monoisotopic (exact) mass is 608 g/mol. The summed E-state index contributed by atoms with van der Waals surface area (Å²) in [5.41, 5.74) is 8.17. The fraction of sp³-hybridized carbons (Fsp3) is 0.455. The van der Waals surface area contributed by atoms with Gasteiger partial charge in [0.05, 0.1) is 18.2 Å². The summed E-state index contributed by atoms with van der Waals surface area (Å²) in [4.78, 5) is 26.7. The Kier molecular flexibility index (Phi) is 11.3. The Morgan fingerprint density at radius 3 is 2.59 bits per heavy atom. The summed E-state index contributed by atoms with van der Waals surface area (Å²) < 4.78 is 41.1. The number of esters is 2. The van der Waals surface area contributed by atoms with Gasteiger partial charge in [-0.2, -0.15) is 5.11 Å². The molecular formula is C33H40N2O9. The molecule has 0 aliphatic carbocycles. The Morgan fingerprint density at radius 2 is 1.86 bits per heavy atom. The molecule has 1 N–H and O–H groups in total. The number of hydrogen-bond donors (Lipinski definition) is 1. The van der Waals surface area contributed by atoms with Gasteiger partial charge in [-0.15, -0.1) is 0 Å². The van der Waals surface area contributed by atoms with Crippen LogP contribution in [0.25, 0.3) is 6.08 Å². The number of nitrogens with one attached hydrogen (secondary N) is 1. The van der Waals surface area contributed by atoms with Crippen LogP contribution in [0, 0.1) is 11.4 Å². The molecule has 2 aromatic rings. The number of hydrogen-bond acceptors (Lipinski definition) is 11. The minimum Gasteiger partial charge on any atom is -0.491 e. The third-order valence-electron chi connectivity index (χ3n) is 7.22. The van der Waals surface area contributed by atoms with Gasteiger partial charge in [-0.3, -0.25) is 0 Å². The highest BCUT2D eigenvalue weighted by atomic mass is 16.8. The smallest absolute Gasteiger partial charge is 0.342 e. The van der Waals surface area contributed by atoms with E-state index in [1.807, 2.05) is 39.0 Å². The highest BCUT2D eigenvalue weighted by Gasteiger charge is 2.45. The zero-order valence-electron chi connectivity index (χ0n) is 25.7. The third kappa shape index (κ3) is 8.52. The van der Waals surface area contributed by atoms with Crippen LogP contribution in [-0.4, -0.2) is 69.2 Å². The van der Waals surface area contributed by atoms with E-state index in [1.54, 1.807) is 55.5 Å². The van der Waals surface area contributed by atoms with Crippen molar-refractivity contribution in [1.82, 2.24) is 0 Å². The van der Waals surface area contributed by atoms with Crippen LogP contribution in [0.1, 0.15) is 60.4 Å². The maximum Gasteiger partial charge on any atom is 0.342 e. The molecule has 0 amide bonds.